The van der Waals surface area contributed by atoms with E-state index in [1.54, 1.807) is 7.11 Å². The number of aromatic amines is 1. The van der Waals surface area contributed by atoms with Crippen molar-refractivity contribution in [2.45, 2.75) is 6.73 Å². The third-order valence-corrected chi connectivity index (χ3v) is 4.53. The van der Waals surface area contributed by atoms with Crippen molar-refractivity contribution in [3.63, 3.8) is 0 Å². The van der Waals surface area contributed by atoms with E-state index in [1.165, 1.54) is 11.3 Å². The van der Waals surface area contributed by atoms with Crippen molar-refractivity contribution in [3.05, 3.63) is 50.5 Å². The van der Waals surface area contributed by atoms with Gasteiger partial charge in [-0.25, -0.2) is 9.36 Å². The highest BCUT2D eigenvalue weighted by atomic mass is 32.1. The van der Waals surface area contributed by atoms with Gasteiger partial charge >= 0.3 is 5.69 Å². The Balaban J connectivity index is 2.06. The fourth-order valence-electron chi connectivity index (χ4n) is 2.35. The third kappa shape index (κ3) is 2.99. The molecule has 24 heavy (non-hydrogen) atoms. The first-order valence-electron chi connectivity index (χ1n) is 7.23. The van der Waals surface area contributed by atoms with Gasteiger partial charge in [0.25, 0.3) is 5.56 Å². The van der Waals surface area contributed by atoms with Crippen LogP contribution in [0.2, 0.25) is 0 Å². The number of rotatable bonds is 6. The predicted molar refractivity (Wildman–Crippen MR) is 91.7 cm³/mol. The zero-order chi connectivity index (χ0) is 17.1. The van der Waals surface area contributed by atoms with Crippen molar-refractivity contribution >= 4 is 21.6 Å². The zero-order valence-corrected chi connectivity index (χ0v) is 13.8. The van der Waals surface area contributed by atoms with Crippen LogP contribution in [-0.4, -0.2) is 35.0 Å². The Hall–Kier alpha value is -2.42. The van der Waals surface area contributed by atoms with Gasteiger partial charge in [0, 0.05) is 10.9 Å². The van der Waals surface area contributed by atoms with Gasteiger partial charge in [0.15, 0.2) is 0 Å². The van der Waals surface area contributed by atoms with E-state index in [9.17, 15) is 9.59 Å². The largest absolute Gasteiger partial charge is 0.497 e. The minimum absolute atomic E-state index is 0.0610. The molecule has 0 aliphatic rings. The second kappa shape index (κ2) is 7.00. The van der Waals surface area contributed by atoms with E-state index in [0.717, 1.165) is 21.4 Å². The maximum absolute atomic E-state index is 12.5. The Bertz CT molecular complexity index is 955. The second-order valence-electron chi connectivity index (χ2n) is 5.01. The van der Waals surface area contributed by atoms with Gasteiger partial charge in [0.2, 0.25) is 0 Å². The molecule has 0 spiro atoms. The Morgan fingerprint density at radius 1 is 1.25 bits per heavy atom. The SMILES string of the molecule is COc1ccc(-c2csc3c(=O)n(COCCO)c(=O)[nH]c23)cc1. The van der Waals surface area contributed by atoms with Gasteiger partial charge in [-0.2, -0.15) is 0 Å². The minimum Gasteiger partial charge on any atom is -0.497 e. The monoisotopic (exact) mass is 348 g/mol. The molecule has 0 fully saturated rings. The number of benzene rings is 1. The Morgan fingerprint density at radius 2 is 2.00 bits per heavy atom. The number of aliphatic hydroxyl groups excluding tert-OH is 1. The van der Waals surface area contributed by atoms with Crippen LogP contribution in [0.15, 0.2) is 39.2 Å². The Morgan fingerprint density at radius 3 is 2.67 bits per heavy atom. The maximum atomic E-state index is 12.5. The lowest BCUT2D eigenvalue weighted by Crippen LogP contribution is -2.35. The van der Waals surface area contributed by atoms with Gasteiger partial charge < -0.3 is 19.6 Å². The van der Waals surface area contributed by atoms with Crippen LogP contribution in [0.25, 0.3) is 21.3 Å². The molecule has 3 aromatic rings. The quantitative estimate of drug-likeness (QED) is 0.657. The number of hydrogen-bond acceptors (Lipinski definition) is 6. The van der Waals surface area contributed by atoms with Crippen LogP contribution in [0, 0.1) is 0 Å². The molecule has 0 amide bonds. The summed E-state index contributed by atoms with van der Waals surface area (Å²) in [5.74, 6) is 0.732. The highest BCUT2D eigenvalue weighted by molar-refractivity contribution is 7.17. The number of hydrogen-bond donors (Lipinski definition) is 2. The van der Waals surface area contributed by atoms with E-state index in [1.807, 2.05) is 29.6 Å². The van der Waals surface area contributed by atoms with Crippen molar-refractivity contribution in [3.8, 4) is 16.9 Å². The third-order valence-electron chi connectivity index (χ3n) is 3.56. The van der Waals surface area contributed by atoms with E-state index in [0.29, 0.717) is 10.2 Å². The molecule has 1 aromatic carbocycles. The summed E-state index contributed by atoms with van der Waals surface area (Å²) >= 11 is 1.27. The van der Waals surface area contributed by atoms with Gasteiger partial charge in [-0.05, 0) is 17.7 Å². The maximum Gasteiger partial charge on any atom is 0.330 e. The fourth-order valence-corrected chi connectivity index (χ4v) is 3.33. The number of fused-ring (bicyclic) bond motifs is 1. The lowest BCUT2D eigenvalue weighted by Gasteiger charge is -2.06. The van der Waals surface area contributed by atoms with Crippen LogP contribution >= 0.6 is 11.3 Å². The summed E-state index contributed by atoms with van der Waals surface area (Å²) in [7, 11) is 1.59. The molecular formula is C16H16N2O5S. The molecule has 0 radical (unpaired) electrons. The summed E-state index contributed by atoms with van der Waals surface area (Å²) in [6, 6.07) is 7.38. The first kappa shape index (κ1) is 16.4. The van der Waals surface area contributed by atoms with Crippen LogP contribution < -0.4 is 16.0 Å². The van der Waals surface area contributed by atoms with Crippen LogP contribution in [0.4, 0.5) is 0 Å². The lowest BCUT2D eigenvalue weighted by atomic mass is 10.1. The molecule has 2 N–H and O–H groups in total. The number of aliphatic hydroxyl groups is 1. The van der Waals surface area contributed by atoms with E-state index in [-0.39, 0.29) is 19.9 Å². The number of ether oxygens (including phenoxy) is 2. The zero-order valence-electron chi connectivity index (χ0n) is 12.9. The highest BCUT2D eigenvalue weighted by Gasteiger charge is 2.14. The molecule has 3 rings (SSSR count). The normalized spacial score (nSPS) is 11.1. The molecule has 0 aliphatic carbocycles. The van der Waals surface area contributed by atoms with E-state index < -0.39 is 11.2 Å². The molecule has 0 atom stereocenters. The summed E-state index contributed by atoms with van der Waals surface area (Å²) < 4.78 is 11.6. The number of thiophene rings is 1. The summed E-state index contributed by atoms with van der Waals surface area (Å²) in [4.78, 5) is 27.4. The van der Waals surface area contributed by atoms with Crippen LogP contribution in [0.1, 0.15) is 0 Å². The van der Waals surface area contributed by atoms with Gasteiger partial charge in [0.05, 0.1) is 25.8 Å². The summed E-state index contributed by atoms with van der Waals surface area (Å²) in [6.07, 6.45) is 0. The van der Waals surface area contributed by atoms with Gasteiger partial charge in [0.1, 0.15) is 17.2 Å². The molecule has 2 heterocycles. The standard InChI is InChI=1S/C16H16N2O5S/c1-22-11-4-2-10(3-5-11)12-8-24-14-13(12)17-16(21)18(15(14)20)9-23-7-6-19/h2-5,8,19H,6-7,9H2,1H3,(H,17,21). The topological polar surface area (TPSA) is 93.5 Å². The first-order chi connectivity index (χ1) is 11.7. The second-order valence-corrected chi connectivity index (χ2v) is 5.89. The van der Waals surface area contributed by atoms with Crippen molar-refractivity contribution < 1.29 is 14.6 Å². The number of aromatic nitrogens is 2. The Kier molecular flexibility index (Phi) is 4.79. The summed E-state index contributed by atoms with van der Waals surface area (Å²) in [5, 5.41) is 10.6. The molecule has 0 saturated carbocycles. The smallest absolute Gasteiger partial charge is 0.330 e. The van der Waals surface area contributed by atoms with Crippen LogP contribution in [0.3, 0.4) is 0 Å². The van der Waals surface area contributed by atoms with Crippen LogP contribution in [-0.2, 0) is 11.5 Å². The fraction of sp³-hybridized carbons (Fsp3) is 0.250. The molecule has 0 saturated heterocycles. The van der Waals surface area contributed by atoms with Crippen molar-refractivity contribution in [2.24, 2.45) is 0 Å². The lowest BCUT2D eigenvalue weighted by molar-refractivity contribution is 0.0445. The molecule has 0 aliphatic heterocycles. The number of methoxy groups -OCH3 is 1. The van der Waals surface area contributed by atoms with E-state index in [4.69, 9.17) is 14.6 Å². The van der Waals surface area contributed by atoms with Crippen molar-refractivity contribution in [1.29, 1.82) is 0 Å². The average molecular weight is 348 g/mol. The Labute approximate surface area is 140 Å². The van der Waals surface area contributed by atoms with Gasteiger partial charge in [-0.1, -0.05) is 12.1 Å². The van der Waals surface area contributed by atoms with Crippen molar-refractivity contribution in [1.82, 2.24) is 9.55 Å². The minimum atomic E-state index is -0.543. The number of nitrogens with one attached hydrogen (secondary N) is 1. The molecule has 126 valence electrons. The number of H-pyrrole nitrogens is 1. The van der Waals surface area contributed by atoms with E-state index >= 15 is 0 Å². The molecule has 0 bridgehead atoms. The van der Waals surface area contributed by atoms with Gasteiger partial charge in [-0.3, -0.25) is 4.79 Å². The summed E-state index contributed by atoms with van der Waals surface area (Å²) in [5.41, 5.74) is 1.23. The highest BCUT2D eigenvalue weighted by Crippen LogP contribution is 2.31. The van der Waals surface area contributed by atoms with Crippen molar-refractivity contribution in [2.75, 3.05) is 20.3 Å². The average Bonchev–Trinajstić information content (AvgIpc) is 3.02. The number of nitrogens with zero attached hydrogens (tertiary/aromatic N) is 1. The molecule has 7 nitrogen and oxygen atoms in total. The van der Waals surface area contributed by atoms with Gasteiger partial charge in [-0.15, -0.1) is 11.3 Å². The van der Waals surface area contributed by atoms with Crippen LogP contribution in [0.5, 0.6) is 5.75 Å². The van der Waals surface area contributed by atoms with E-state index in [2.05, 4.69) is 4.98 Å². The predicted octanol–water partition coefficient (Wildman–Crippen LogP) is 1.39. The molecule has 0 unspecified atom stereocenters. The first-order valence-corrected chi connectivity index (χ1v) is 8.11. The summed E-state index contributed by atoms with van der Waals surface area (Å²) in [6.45, 7) is -0.304. The molecular weight excluding hydrogens is 332 g/mol. The molecule has 2 aromatic heterocycles. The molecule has 8 heteroatoms.